The van der Waals surface area contributed by atoms with E-state index >= 15 is 0 Å². The van der Waals surface area contributed by atoms with Crippen LogP contribution >= 0.6 is 11.3 Å². The number of hydrogen-bond acceptors (Lipinski definition) is 6. The topological polar surface area (TPSA) is 85.4 Å². The lowest BCUT2D eigenvalue weighted by Gasteiger charge is -2.10. The SMILES string of the molecule is COC(=O)[C@@H](N)Cc1ccc(O)c(-c2nc(C(F)(F)F)cs2)c1. The number of thiazole rings is 1. The fraction of sp³-hybridized carbons (Fsp3) is 0.286. The Morgan fingerprint density at radius 1 is 1.48 bits per heavy atom. The number of rotatable bonds is 4. The average Bonchev–Trinajstić information content (AvgIpc) is 2.98. The first kappa shape index (κ1) is 17.2. The summed E-state index contributed by atoms with van der Waals surface area (Å²) in [6.45, 7) is 0. The van der Waals surface area contributed by atoms with Crippen molar-refractivity contribution < 1.29 is 27.8 Å². The number of hydrogen-bond donors (Lipinski definition) is 2. The molecule has 2 aromatic rings. The molecule has 0 aliphatic heterocycles. The van der Waals surface area contributed by atoms with Gasteiger partial charge in [0, 0.05) is 5.38 Å². The van der Waals surface area contributed by atoms with Gasteiger partial charge in [0.15, 0.2) is 5.69 Å². The van der Waals surface area contributed by atoms with Crippen molar-refractivity contribution in [3.63, 3.8) is 0 Å². The molecule has 3 N–H and O–H groups in total. The lowest BCUT2D eigenvalue weighted by Crippen LogP contribution is -2.33. The molecule has 0 amide bonds. The fourth-order valence-corrected chi connectivity index (χ4v) is 2.75. The summed E-state index contributed by atoms with van der Waals surface area (Å²) in [6, 6.07) is 3.40. The average molecular weight is 346 g/mol. The summed E-state index contributed by atoms with van der Waals surface area (Å²) in [5.74, 6) is -0.809. The molecule has 5 nitrogen and oxygen atoms in total. The third kappa shape index (κ3) is 3.99. The molecule has 1 heterocycles. The van der Waals surface area contributed by atoms with E-state index in [0.717, 1.165) is 16.7 Å². The first-order valence-corrected chi connectivity index (χ1v) is 7.28. The third-order valence-electron chi connectivity index (χ3n) is 3.05. The number of methoxy groups -OCH3 is 1. The van der Waals surface area contributed by atoms with Crippen LogP contribution in [0.4, 0.5) is 13.2 Å². The Morgan fingerprint density at radius 2 is 2.17 bits per heavy atom. The van der Waals surface area contributed by atoms with Crippen molar-refractivity contribution in [2.24, 2.45) is 5.73 Å². The highest BCUT2D eigenvalue weighted by Crippen LogP contribution is 2.37. The number of esters is 1. The van der Waals surface area contributed by atoms with E-state index in [1.165, 1.54) is 25.3 Å². The van der Waals surface area contributed by atoms with Gasteiger partial charge in [0.05, 0.1) is 12.7 Å². The Kier molecular flexibility index (Phi) is 4.90. The molecule has 0 fully saturated rings. The lowest BCUT2D eigenvalue weighted by molar-refractivity contribution is -0.142. The van der Waals surface area contributed by atoms with Gasteiger partial charge in [-0.15, -0.1) is 11.3 Å². The van der Waals surface area contributed by atoms with Crippen LogP contribution in [0.1, 0.15) is 11.3 Å². The number of nitrogens with zero attached hydrogens (tertiary/aromatic N) is 1. The molecule has 2 rings (SSSR count). The molecule has 9 heteroatoms. The number of nitrogens with two attached hydrogens (primary N) is 1. The van der Waals surface area contributed by atoms with Gasteiger partial charge in [-0.1, -0.05) is 6.07 Å². The highest BCUT2D eigenvalue weighted by molar-refractivity contribution is 7.13. The predicted molar refractivity (Wildman–Crippen MR) is 77.9 cm³/mol. The number of phenolic OH excluding ortho intramolecular Hbond substituents is 1. The molecule has 0 spiro atoms. The minimum absolute atomic E-state index is 0.0308. The van der Waals surface area contributed by atoms with Crippen LogP contribution in [0.25, 0.3) is 10.6 Å². The molecular weight excluding hydrogens is 333 g/mol. The van der Waals surface area contributed by atoms with Gasteiger partial charge in [0.1, 0.15) is 16.8 Å². The zero-order chi connectivity index (χ0) is 17.2. The van der Waals surface area contributed by atoms with Crippen LogP contribution in [0.15, 0.2) is 23.6 Å². The predicted octanol–water partition coefficient (Wildman–Crippen LogP) is 2.58. The van der Waals surface area contributed by atoms with Crippen LogP contribution in [0.2, 0.25) is 0 Å². The second-order valence-electron chi connectivity index (χ2n) is 4.72. The largest absolute Gasteiger partial charge is 0.507 e. The molecule has 1 aromatic heterocycles. The van der Waals surface area contributed by atoms with E-state index in [2.05, 4.69) is 9.72 Å². The summed E-state index contributed by atoms with van der Waals surface area (Å²) in [4.78, 5) is 14.8. The molecule has 0 aliphatic carbocycles. The molecule has 0 saturated carbocycles. The Morgan fingerprint density at radius 3 is 2.74 bits per heavy atom. The summed E-state index contributed by atoms with van der Waals surface area (Å²) < 4.78 is 42.3. The molecular formula is C14H13F3N2O3S. The summed E-state index contributed by atoms with van der Waals surface area (Å²) >= 11 is 0.768. The van der Waals surface area contributed by atoms with Gasteiger partial charge < -0.3 is 15.6 Å². The number of benzene rings is 1. The van der Waals surface area contributed by atoms with Gasteiger partial charge in [-0.25, -0.2) is 4.98 Å². The summed E-state index contributed by atoms with van der Waals surface area (Å²) in [5.41, 5.74) is 5.35. The van der Waals surface area contributed by atoms with E-state index in [9.17, 15) is 23.1 Å². The minimum Gasteiger partial charge on any atom is -0.507 e. The Bertz CT molecular complexity index is 716. The number of halogens is 3. The molecule has 23 heavy (non-hydrogen) atoms. The van der Waals surface area contributed by atoms with Gasteiger partial charge in [-0.05, 0) is 24.1 Å². The van der Waals surface area contributed by atoms with E-state index in [-0.39, 0.29) is 22.7 Å². The first-order valence-electron chi connectivity index (χ1n) is 6.40. The number of ether oxygens (including phenoxy) is 1. The van der Waals surface area contributed by atoms with E-state index in [1.807, 2.05) is 0 Å². The summed E-state index contributed by atoms with van der Waals surface area (Å²) in [5, 5.41) is 10.8. The molecule has 0 radical (unpaired) electrons. The minimum atomic E-state index is -4.55. The van der Waals surface area contributed by atoms with Crippen molar-refractivity contribution in [1.29, 1.82) is 0 Å². The standard InChI is InChI=1S/C14H13F3N2O3S/c1-22-13(21)9(18)5-7-2-3-10(20)8(4-7)12-19-11(6-23-12)14(15,16)17/h2-4,6,9,20H,5,18H2,1H3/t9-/m0/s1. The van der Waals surface area contributed by atoms with Crippen molar-refractivity contribution in [3.05, 3.63) is 34.8 Å². The van der Waals surface area contributed by atoms with Gasteiger partial charge in [0.2, 0.25) is 0 Å². The number of aromatic hydroxyl groups is 1. The van der Waals surface area contributed by atoms with E-state index in [4.69, 9.17) is 5.73 Å². The molecule has 0 aliphatic rings. The smallest absolute Gasteiger partial charge is 0.434 e. The van der Waals surface area contributed by atoms with Crippen LogP contribution < -0.4 is 5.73 Å². The van der Waals surface area contributed by atoms with Gasteiger partial charge >= 0.3 is 12.1 Å². The summed E-state index contributed by atoms with van der Waals surface area (Å²) in [7, 11) is 1.21. The Labute approximate surface area is 133 Å². The first-order chi connectivity index (χ1) is 10.7. The second kappa shape index (κ2) is 6.55. The maximum atomic E-state index is 12.6. The van der Waals surface area contributed by atoms with Crippen LogP contribution in [0.3, 0.4) is 0 Å². The zero-order valence-corrected chi connectivity index (χ0v) is 12.7. The molecule has 0 saturated heterocycles. The normalized spacial score (nSPS) is 12.9. The maximum absolute atomic E-state index is 12.6. The fourth-order valence-electron chi connectivity index (χ4n) is 1.90. The number of carbonyl (C=O) groups excluding carboxylic acids is 1. The van der Waals surface area contributed by atoms with E-state index in [1.54, 1.807) is 0 Å². The van der Waals surface area contributed by atoms with Crippen molar-refractivity contribution >= 4 is 17.3 Å². The van der Waals surface area contributed by atoms with Gasteiger partial charge in [-0.3, -0.25) is 4.79 Å². The maximum Gasteiger partial charge on any atom is 0.434 e. The molecule has 0 bridgehead atoms. The number of alkyl halides is 3. The van der Waals surface area contributed by atoms with Crippen molar-refractivity contribution in [2.75, 3.05) is 7.11 Å². The van der Waals surface area contributed by atoms with Crippen LogP contribution in [-0.2, 0) is 22.1 Å². The van der Waals surface area contributed by atoms with Gasteiger partial charge in [0.25, 0.3) is 0 Å². The second-order valence-corrected chi connectivity index (χ2v) is 5.58. The highest BCUT2D eigenvalue weighted by atomic mass is 32.1. The Hall–Kier alpha value is -2.13. The number of aromatic nitrogens is 1. The van der Waals surface area contributed by atoms with Crippen molar-refractivity contribution in [2.45, 2.75) is 18.6 Å². The Balaban J connectivity index is 2.31. The van der Waals surface area contributed by atoms with E-state index in [0.29, 0.717) is 5.56 Å². The van der Waals surface area contributed by atoms with Crippen LogP contribution in [-0.4, -0.2) is 29.2 Å². The molecule has 124 valence electrons. The summed E-state index contributed by atoms with van der Waals surface area (Å²) in [6.07, 6.45) is -4.42. The quantitative estimate of drug-likeness (QED) is 0.831. The zero-order valence-electron chi connectivity index (χ0n) is 11.9. The van der Waals surface area contributed by atoms with E-state index < -0.39 is 23.9 Å². The molecule has 1 atom stereocenters. The third-order valence-corrected chi connectivity index (χ3v) is 3.92. The van der Waals surface area contributed by atoms with Crippen molar-refractivity contribution in [1.82, 2.24) is 4.98 Å². The highest BCUT2D eigenvalue weighted by Gasteiger charge is 2.34. The monoisotopic (exact) mass is 346 g/mol. The van der Waals surface area contributed by atoms with Crippen LogP contribution in [0.5, 0.6) is 5.75 Å². The molecule has 1 aromatic carbocycles. The van der Waals surface area contributed by atoms with Crippen LogP contribution in [0, 0.1) is 0 Å². The number of carbonyl (C=O) groups is 1. The molecule has 0 unspecified atom stereocenters. The lowest BCUT2D eigenvalue weighted by atomic mass is 10.0. The number of phenols is 1. The van der Waals surface area contributed by atoms with Gasteiger partial charge in [-0.2, -0.15) is 13.2 Å². The van der Waals surface area contributed by atoms with Crippen molar-refractivity contribution in [3.8, 4) is 16.3 Å².